The van der Waals surface area contributed by atoms with Crippen LogP contribution in [0.3, 0.4) is 0 Å². The molecular formula is C32H29N3O2. The van der Waals surface area contributed by atoms with Gasteiger partial charge in [-0.25, -0.2) is 4.68 Å². The maximum Gasteiger partial charge on any atom is 0.279 e. The number of aromatic nitrogens is 2. The number of carbonyl (C=O) groups is 1. The zero-order valence-electron chi connectivity index (χ0n) is 21.4. The lowest BCUT2D eigenvalue weighted by molar-refractivity contribution is 0.102. The third-order valence-electron chi connectivity index (χ3n) is 6.66. The first-order valence-electron chi connectivity index (χ1n) is 12.3. The summed E-state index contributed by atoms with van der Waals surface area (Å²) in [7, 11) is 0. The van der Waals surface area contributed by atoms with Crippen molar-refractivity contribution < 1.29 is 4.79 Å². The second kappa shape index (κ2) is 9.78. The fourth-order valence-electron chi connectivity index (χ4n) is 4.51. The third kappa shape index (κ3) is 4.76. The topological polar surface area (TPSA) is 66.9 Å². The van der Waals surface area contributed by atoms with Crippen molar-refractivity contribution in [1.29, 1.82) is 0 Å². The first-order valence-corrected chi connectivity index (χ1v) is 12.3. The highest BCUT2D eigenvalue weighted by atomic mass is 16.1. The van der Waals surface area contributed by atoms with Crippen LogP contribution in [0.5, 0.6) is 0 Å². The number of hydrogen-bond acceptors (Lipinski definition) is 2. The highest BCUT2D eigenvalue weighted by molar-refractivity contribution is 6.05. The number of benzene rings is 4. The first kappa shape index (κ1) is 24.1. The molecule has 0 atom stereocenters. The van der Waals surface area contributed by atoms with Crippen molar-refractivity contribution in [3.05, 3.63) is 129 Å². The molecule has 0 fully saturated rings. The zero-order chi connectivity index (χ0) is 26.1. The Morgan fingerprint density at radius 3 is 2.08 bits per heavy atom. The minimum absolute atomic E-state index is 0.124. The highest BCUT2D eigenvalue weighted by Crippen LogP contribution is 2.30. The van der Waals surface area contributed by atoms with Crippen LogP contribution >= 0.6 is 0 Å². The largest absolute Gasteiger partial charge is 0.322 e. The molecule has 5 heteroatoms. The summed E-state index contributed by atoms with van der Waals surface area (Å²) in [6.45, 7) is 7.97. The van der Waals surface area contributed by atoms with Gasteiger partial charge in [-0.15, -0.1) is 0 Å². The van der Waals surface area contributed by atoms with Gasteiger partial charge in [-0.2, -0.15) is 0 Å². The molecule has 0 aliphatic carbocycles. The van der Waals surface area contributed by atoms with Gasteiger partial charge in [-0.1, -0.05) is 72.3 Å². The second-order valence-electron chi connectivity index (χ2n) is 9.50. The quantitative estimate of drug-likeness (QED) is 0.281. The summed E-state index contributed by atoms with van der Waals surface area (Å²) < 4.78 is 1.63. The van der Waals surface area contributed by atoms with Gasteiger partial charge in [0.15, 0.2) is 0 Å². The van der Waals surface area contributed by atoms with Crippen LogP contribution in [0.1, 0.15) is 32.6 Å². The minimum atomic E-state index is -0.162. The predicted octanol–water partition coefficient (Wildman–Crippen LogP) is 6.99. The summed E-state index contributed by atoms with van der Waals surface area (Å²) in [6.07, 6.45) is 0. The molecule has 0 bridgehead atoms. The number of amides is 1. The molecule has 0 aliphatic heterocycles. The fraction of sp³-hybridized carbons (Fsp3) is 0.125. The maximum absolute atomic E-state index is 13.8. The van der Waals surface area contributed by atoms with E-state index in [1.807, 2.05) is 119 Å². The van der Waals surface area contributed by atoms with E-state index in [4.69, 9.17) is 0 Å². The van der Waals surface area contributed by atoms with Gasteiger partial charge in [0.25, 0.3) is 11.5 Å². The van der Waals surface area contributed by atoms with Crippen LogP contribution in [0, 0.1) is 27.7 Å². The van der Waals surface area contributed by atoms with Gasteiger partial charge in [0.1, 0.15) is 0 Å². The monoisotopic (exact) mass is 487 g/mol. The Bertz CT molecular complexity index is 1660. The Morgan fingerprint density at radius 2 is 1.38 bits per heavy atom. The van der Waals surface area contributed by atoms with E-state index in [9.17, 15) is 9.59 Å². The van der Waals surface area contributed by atoms with Crippen LogP contribution in [-0.2, 0) is 0 Å². The minimum Gasteiger partial charge on any atom is -0.322 e. The van der Waals surface area contributed by atoms with E-state index in [0.29, 0.717) is 16.8 Å². The summed E-state index contributed by atoms with van der Waals surface area (Å²) in [5.74, 6) is -0.162. The van der Waals surface area contributed by atoms with Crippen LogP contribution in [0.4, 0.5) is 5.69 Å². The molecule has 5 rings (SSSR count). The lowest BCUT2D eigenvalue weighted by Crippen LogP contribution is -2.17. The van der Waals surface area contributed by atoms with Gasteiger partial charge in [-0.3, -0.25) is 14.7 Å². The number of carbonyl (C=O) groups excluding carboxylic acids is 1. The molecule has 5 aromatic rings. The Hall–Kier alpha value is -4.64. The number of rotatable bonds is 5. The molecule has 0 unspecified atom stereocenters. The van der Waals surface area contributed by atoms with Crippen LogP contribution in [0.2, 0.25) is 0 Å². The van der Waals surface area contributed by atoms with E-state index in [2.05, 4.69) is 10.4 Å². The average Bonchev–Trinajstić information content (AvgIpc) is 3.23. The zero-order valence-corrected chi connectivity index (χ0v) is 21.4. The molecule has 1 heterocycles. The predicted molar refractivity (Wildman–Crippen MR) is 151 cm³/mol. The summed E-state index contributed by atoms with van der Waals surface area (Å²) in [5.41, 5.74) is 9.19. The number of anilines is 1. The fourth-order valence-corrected chi connectivity index (χ4v) is 4.51. The number of nitrogens with one attached hydrogen (secondary N) is 2. The van der Waals surface area contributed by atoms with E-state index in [1.165, 1.54) is 0 Å². The number of aryl methyl sites for hydroxylation is 4. The van der Waals surface area contributed by atoms with Gasteiger partial charge >= 0.3 is 0 Å². The molecule has 0 saturated heterocycles. The normalized spacial score (nSPS) is 10.9. The van der Waals surface area contributed by atoms with Gasteiger partial charge in [-0.05, 0) is 74.2 Å². The van der Waals surface area contributed by atoms with Crippen molar-refractivity contribution in [2.75, 3.05) is 5.32 Å². The van der Waals surface area contributed by atoms with Crippen molar-refractivity contribution in [2.45, 2.75) is 27.7 Å². The molecule has 0 aliphatic rings. The van der Waals surface area contributed by atoms with Crippen LogP contribution in [0.25, 0.3) is 28.1 Å². The van der Waals surface area contributed by atoms with E-state index in [0.717, 1.165) is 44.8 Å². The average molecular weight is 488 g/mol. The van der Waals surface area contributed by atoms with Crippen LogP contribution in [-0.4, -0.2) is 15.7 Å². The third-order valence-corrected chi connectivity index (χ3v) is 6.66. The van der Waals surface area contributed by atoms with Gasteiger partial charge in [0.05, 0.1) is 16.9 Å². The SMILES string of the molecule is Cc1ccc(-c2[nH]n(-c3cc(C)ccc3C)c(=O)c2-c2ccc(NC(=O)c3ccccc3C)cc2)cc1. The van der Waals surface area contributed by atoms with Crippen molar-refractivity contribution in [1.82, 2.24) is 9.78 Å². The van der Waals surface area contributed by atoms with Crippen molar-refractivity contribution >= 4 is 11.6 Å². The Labute approximate surface area is 216 Å². The molecule has 2 N–H and O–H groups in total. The number of H-pyrrole nitrogens is 1. The smallest absolute Gasteiger partial charge is 0.279 e. The molecule has 0 saturated carbocycles. The van der Waals surface area contributed by atoms with Gasteiger partial charge in [0.2, 0.25) is 0 Å². The lowest BCUT2D eigenvalue weighted by atomic mass is 10.0. The maximum atomic E-state index is 13.8. The summed E-state index contributed by atoms with van der Waals surface area (Å²) in [5, 5.41) is 6.34. The lowest BCUT2D eigenvalue weighted by Gasteiger charge is -2.09. The molecule has 37 heavy (non-hydrogen) atoms. The van der Waals surface area contributed by atoms with Crippen molar-refractivity contribution in [3.63, 3.8) is 0 Å². The van der Waals surface area contributed by atoms with Gasteiger partial charge in [0, 0.05) is 16.8 Å². The van der Waals surface area contributed by atoms with E-state index < -0.39 is 0 Å². The molecule has 184 valence electrons. The molecule has 1 amide bonds. The van der Waals surface area contributed by atoms with E-state index in [-0.39, 0.29) is 11.5 Å². The molecule has 4 aromatic carbocycles. The summed E-state index contributed by atoms with van der Waals surface area (Å²) >= 11 is 0. The molecule has 1 aromatic heterocycles. The molecule has 0 radical (unpaired) electrons. The Kier molecular flexibility index (Phi) is 6.36. The van der Waals surface area contributed by atoms with E-state index in [1.54, 1.807) is 4.68 Å². The molecule has 5 nitrogen and oxygen atoms in total. The summed E-state index contributed by atoms with van der Waals surface area (Å²) in [6, 6.07) is 29.1. The Balaban J connectivity index is 1.57. The van der Waals surface area contributed by atoms with Gasteiger partial charge < -0.3 is 5.32 Å². The number of nitrogens with zero attached hydrogens (tertiary/aromatic N) is 1. The standard InChI is InChI=1S/C32H29N3O2/c1-20-10-13-25(14-11-20)30-29(32(37)35(34-30)28-19-21(2)9-12-23(28)4)24-15-17-26(18-16-24)33-31(36)27-8-6-5-7-22(27)3/h5-19,34H,1-4H3,(H,33,36). The summed E-state index contributed by atoms with van der Waals surface area (Å²) in [4.78, 5) is 26.6. The molecule has 0 spiro atoms. The number of aromatic amines is 1. The second-order valence-corrected chi connectivity index (χ2v) is 9.50. The molecular weight excluding hydrogens is 458 g/mol. The van der Waals surface area contributed by atoms with Crippen molar-refractivity contribution in [3.8, 4) is 28.1 Å². The Morgan fingerprint density at radius 1 is 0.730 bits per heavy atom. The van der Waals surface area contributed by atoms with Crippen molar-refractivity contribution in [2.24, 2.45) is 0 Å². The van der Waals surface area contributed by atoms with Crippen LogP contribution < -0.4 is 10.9 Å². The van der Waals surface area contributed by atoms with Crippen LogP contribution in [0.15, 0.2) is 95.8 Å². The number of hydrogen-bond donors (Lipinski definition) is 2. The first-order chi connectivity index (χ1) is 17.8. The van der Waals surface area contributed by atoms with E-state index >= 15 is 0 Å². The highest BCUT2D eigenvalue weighted by Gasteiger charge is 2.20.